The molecule has 9 aromatic carbocycles. The Bertz CT molecular complexity index is 4020. The number of nitrogens with zero attached hydrogens (tertiary/aromatic N) is 6. The highest BCUT2D eigenvalue weighted by atomic mass is 15.1. The third-order valence-electron chi connectivity index (χ3n) is 13.7. The number of pyridine rings is 1. The van der Waals surface area contributed by atoms with E-state index in [2.05, 4.69) is 237 Å². The first-order chi connectivity index (χ1) is 34.2. The number of para-hydroxylation sites is 6. The monoisotopic (exact) mass is 880 g/mol. The summed E-state index contributed by atoms with van der Waals surface area (Å²) in [5.41, 5.74) is 16.5. The van der Waals surface area contributed by atoms with E-state index < -0.39 is 0 Å². The minimum absolute atomic E-state index is 0.651. The molecule has 14 aromatic rings. The van der Waals surface area contributed by atoms with Gasteiger partial charge in [0.25, 0.3) is 0 Å². The van der Waals surface area contributed by atoms with Crippen molar-refractivity contribution in [3.05, 3.63) is 243 Å². The summed E-state index contributed by atoms with van der Waals surface area (Å²) in [6, 6.07) is 82.6. The standard InChI is InChI=1S/C63H40N6/c1-2-18-41(19-3-1)63-65-52(43-21-16-20-42(36-43)44-22-17-35-64-40-44)39-53(66-63)45-37-60(67-54-29-10-4-23-46(54)47-24-5-11-30-55(47)67)62(69-58-33-14-8-27-50(58)51-28-9-15-34-59(51)69)61(38-45)68-56-31-12-6-25-48(56)49-26-7-13-32-57(49)68/h1-40H. The first kappa shape index (κ1) is 38.8. The van der Waals surface area contributed by atoms with Crippen molar-refractivity contribution in [2.45, 2.75) is 0 Å². The molecule has 0 N–H and O–H groups in total. The van der Waals surface area contributed by atoms with Gasteiger partial charge in [0.2, 0.25) is 0 Å². The van der Waals surface area contributed by atoms with Crippen LogP contribution in [0, 0.1) is 0 Å². The predicted octanol–water partition coefficient (Wildman–Crippen LogP) is 15.8. The molecule has 0 bridgehead atoms. The number of hydrogen-bond acceptors (Lipinski definition) is 3. The molecule has 0 amide bonds. The van der Waals surface area contributed by atoms with Crippen molar-refractivity contribution < 1.29 is 0 Å². The van der Waals surface area contributed by atoms with Gasteiger partial charge in [-0.25, -0.2) is 9.97 Å². The Kier molecular flexibility index (Phi) is 8.79. The molecular weight excluding hydrogens is 841 g/mol. The molecular formula is C63H40N6. The van der Waals surface area contributed by atoms with E-state index in [0.717, 1.165) is 89.4 Å². The van der Waals surface area contributed by atoms with E-state index in [1.54, 1.807) is 0 Å². The van der Waals surface area contributed by atoms with Crippen LogP contribution in [0.2, 0.25) is 0 Å². The second-order valence-electron chi connectivity index (χ2n) is 17.6. The van der Waals surface area contributed by atoms with E-state index in [4.69, 9.17) is 9.97 Å². The molecule has 0 aliphatic rings. The van der Waals surface area contributed by atoms with Crippen LogP contribution in [0.15, 0.2) is 243 Å². The molecule has 0 saturated carbocycles. The van der Waals surface area contributed by atoms with E-state index in [0.29, 0.717) is 5.82 Å². The van der Waals surface area contributed by atoms with Gasteiger partial charge in [0.15, 0.2) is 5.82 Å². The number of fused-ring (bicyclic) bond motifs is 9. The minimum atomic E-state index is 0.651. The maximum Gasteiger partial charge on any atom is 0.160 e. The summed E-state index contributed by atoms with van der Waals surface area (Å²) in [5, 5.41) is 7.15. The summed E-state index contributed by atoms with van der Waals surface area (Å²) in [4.78, 5) is 15.3. The minimum Gasteiger partial charge on any atom is -0.307 e. The average Bonchev–Trinajstić information content (AvgIpc) is 4.07. The first-order valence-corrected chi connectivity index (χ1v) is 23.3. The molecule has 0 radical (unpaired) electrons. The van der Waals surface area contributed by atoms with Crippen molar-refractivity contribution in [1.82, 2.24) is 28.7 Å². The van der Waals surface area contributed by atoms with Crippen LogP contribution in [0.4, 0.5) is 0 Å². The van der Waals surface area contributed by atoms with Gasteiger partial charge in [0.05, 0.1) is 61.6 Å². The summed E-state index contributed by atoms with van der Waals surface area (Å²) in [6.45, 7) is 0. The second kappa shape index (κ2) is 15.6. The van der Waals surface area contributed by atoms with Gasteiger partial charge in [-0.05, 0) is 72.3 Å². The van der Waals surface area contributed by atoms with Gasteiger partial charge in [-0.2, -0.15) is 0 Å². The molecule has 0 unspecified atom stereocenters. The van der Waals surface area contributed by atoms with Crippen molar-refractivity contribution >= 4 is 65.4 Å². The Morgan fingerprint density at radius 1 is 0.275 bits per heavy atom. The van der Waals surface area contributed by atoms with Gasteiger partial charge in [-0.1, -0.05) is 164 Å². The van der Waals surface area contributed by atoms with Crippen LogP contribution in [-0.2, 0) is 0 Å². The molecule has 6 heteroatoms. The highest BCUT2D eigenvalue weighted by Crippen LogP contribution is 2.45. The molecule has 0 atom stereocenters. The number of rotatable bonds is 7. The Balaban J connectivity index is 1.17. The Hall–Kier alpha value is -9.39. The topological polar surface area (TPSA) is 53.5 Å². The lowest BCUT2D eigenvalue weighted by atomic mass is 10.0. The van der Waals surface area contributed by atoms with Crippen molar-refractivity contribution in [2.75, 3.05) is 0 Å². The van der Waals surface area contributed by atoms with E-state index in [1.807, 2.05) is 24.5 Å². The van der Waals surface area contributed by atoms with Crippen molar-refractivity contribution in [2.24, 2.45) is 0 Å². The molecule has 5 aromatic heterocycles. The zero-order valence-electron chi connectivity index (χ0n) is 37.3. The average molecular weight is 881 g/mol. The third-order valence-corrected chi connectivity index (χ3v) is 13.7. The molecule has 69 heavy (non-hydrogen) atoms. The lowest BCUT2D eigenvalue weighted by Crippen LogP contribution is -2.10. The highest BCUT2D eigenvalue weighted by Gasteiger charge is 2.27. The second-order valence-corrected chi connectivity index (χ2v) is 17.6. The molecule has 5 heterocycles. The summed E-state index contributed by atoms with van der Waals surface area (Å²) >= 11 is 0. The summed E-state index contributed by atoms with van der Waals surface area (Å²) in [7, 11) is 0. The Morgan fingerprint density at radius 2 is 0.667 bits per heavy atom. The molecule has 6 nitrogen and oxygen atoms in total. The van der Waals surface area contributed by atoms with Gasteiger partial charge < -0.3 is 13.7 Å². The molecule has 0 saturated heterocycles. The summed E-state index contributed by atoms with van der Waals surface area (Å²) in [5.74, 6) is 0.651. The maximum absolute atomic E-state index is 5.52. The Morgan fingerprint density at radius 3 is 1.13 bits per heavy atom. The smallest absolute Gasteiger partial charge is 0.160 e. The lowest BCUT2D eigenvalue weighted by Gasteiger charge is -2.23. The van der Waals surface area contributed by atoms with Crippen LogP contribution < -0.4 is 0 Å². The first-order valence-electron chi connectivity index (χ1n) is 23.3. The predicted molar refractivity (Wildman–Crippen MR) is 285 cm³/mol. The van der Waals surface area contributed by atoms with Gasteiger partial charge in [0, 0.05) is 67.0 Å². The zero-order valence-corrected chi connectivity index (χ0v) is 37.3. The molecule has 322 valence electrons. The largest absolute Gasteiger partial charge is 0.307 e. The number of aromatic nitrogens is 6. The van der Waals surface area contributed by atoms with E-state index >= 15 is 0 Å². The summed E-state index contributed by atoms with van der Waals surface area (Å²) in [6.07, 6.45) is 3.72. The zero-order chi connectivity index (χ0) is 45.4. The quantitative estimate of drug-likeness (QED) is 0.160. The van der Waals surface area contributed by atoms with Crippen molar-refractivity contribution in [3.63, 3.8) is 0 Å². The fourth-order valence-corrected chi connectivity index (χ4v) is 10.7. The molecule has 0 aliphatic carbocycles. The lowest BCUT2D eigenvalue weighted by molar-refractivity contribution is 1.05. The third kappa shape index (κ3) is 6.16. The Labute approximate surface area is 397 Å². The van der Waals surface area contributed by atoms with Crippen LogP contribution in [-0.4, -0.2) is 28.7 Å². The normalized spacial score (nSPS) is 11.8. The van der Waals surface area contributed by atoms with Crippen LogP contribution in [0.1, 0.15) is 0 Å². The van der Waals surface area contributed by atoms with Crippen LogP contribution in [0.25, 0.3) is 128 Å². The van der Waals surface area contributed by atoms with Crippen LogP contribution >= 0.6 is 0 Å². The van der Waals surface area contributed by atoms with Crippen LogP contribution in [0.3, 0.4) is 0 Å². The van der Waals surface area contributed by atoms with Crippen LogP contribution in [0.5, 0.6) is 0 Å². The van der Waals surface area contributed by atoms with Gasteiger partial charge >= 0.3 is 0 Å². The highest BCUT2D eigenvalue weighted by molar-refractivity contribution is 6.14. The number of benzene rings is 9. The molecule has 0 aliphatic heterocycles. The number of hydrogen-bond donors (Lipinski definition) is 0. The van der Waals surface area contributed by atoms with Gasteiger partial charge in [0.1, 0.15) is 0 Å². The SMILES string of the molecule is c1ccc(-c2nc(-c3cccc(-c4cccnc4)c3)cc(-c3cc(-n4c5ccccc5c5ccccc54)c(-n4c5ccccc5c5ccccc54)c(-n4c5ccccc5c5ccccc54)c3)n2)cc1. The summed E-state index contributed by atoms with van der Waals surface area (Å²) < 4.78 is 7.45. The molecule has 0 fully saturated rings. The van der Waals surface area contributed by atoms with Gasteiger partial charge in [-0.3, -0.25) is 4.98 Å². The van der Waals surface area contributed by atoms with Crippen molar-refractivity contribution in [1.29, 1.82) is 0 Å². The van der Waals surface area contributed by atoms with Gasteiger partial charge in [-0.15, -0.1) is 0 Å². The molecule has 0 spiro atoms. The van der Waals surface area contributed by atoms with E-state index in [1.165, 1.54) is 32.3 Å². The van der Waals surface area contributed by atoms with E-state index in [9.17, 15) is 0 Å². The molecule has 14 rings (SSSR count). The fourth-order valence-electron chi connectivity index (χ4n) is 10.7. The maximum atomic E-state index is 5.52. The van der Waals surface area contributed by atoms with E-state index in [-0.39, 0.29) is 0 Å². The fraction of sp³-hybridized carbons (Fsp3) is 0. The van der Waals surface area contributed by atoms with Crippen molar-refractivity contribution in [3.8, 4) is 62.1 Å².